The summed E-state index contributed by atoms with van der Waals surface area (Å²) in [5.74, 6) is 0.908. The van der Waals surface area contributed by atoms with Crippen molar-refractivity contribution in [3.8, 4) is 5.75 Å². The maximum absolute atomic E-state index is 9.70. The SMILES string of the molecule is Oc1cccc2ccc(N3C=NCN3)nc12. The predicted octanol–water partition coefficient (Wildman–Crippen LogP) is 1.25. The number of rotatable bonds is 1. The fraction of sp³-hybridized carbons (Fsp3) is 0.0909. The lowest BCUT2D eigenvalue weighted by molar-refractivity contribution is 0.480. The average Bonchev–Trinajstić information content (AvgIpc) is 2.83. The number of fused-ring (bicyclic) bond motifs is 1. The molecule has 1 aromatic heterocycles. The quantitative estimate of drug-likeness (QED) is 0.750. The molecule has 0 amide bonds. The lowest BCUT2D eigenvalue weighted by Gasteiger charge is -2.13. The number of aliphatic imine (C=N–C) groups is 1. The second kappa shape index (κ2) is 3.46. The van der Waals surface area contributed by atoms with Gasteiger partial charge in [-0.15, -0.1) is 0 Å². The highest BCUT2D eigenvalue weighted by Crippen LogP contribution is 2.24. The molecule has 0 saturated heterocycles. The second-order valence-electron chi connectivity index (χ2n) is 3.50. The first-order chi connectivity index (χ1) is 7.84. The number of aromatic nitrogens is 1. The van der Waals surface area contributed by atoms with E-state index in [2.05, 4.69) is 15.4 Å². The monoisotopic (exact) mass is 214 g/mol. The molecule has 2 N–H and O–H groups in total. The van der Waals surface area contributed by atoms with Crippen molar-refractivity contribution in [1.29, 1.82) is 0 Å². The van der Waals surface area contributed by atoms with Crippen molar-refractivity contribution in [2.45, 2.75) is 0 Å². The summed E-state index contributed by atoms with van der Waals surface area (Å²) in [5, 5.41) is 12.3. The Morgan fingerprint density at radius 2 is 2.19 bits per heavy atom. The van der Waals surface area contributed by atoms with Crippen LogP contribution in [0.1, 0.15) is 0 Å². The van der Waals surface area contributed by atoms with Gasteiger partial charge < -0.3 is 5.11 Å². The fourth-order valence-electron chi connectivity index (χ4n) is 1.68. The van der Waals surface area contributed by atoms with E-state index in [9.17, 15) is 5.11 Å². The van der Waals surface area contributed by atoms with Crippen LogP contribution in [0.4, 0.5) is 5.82 Å². The van der Waals surface area contributed by atoms with Crippen LogP contribution in [0.3, 0.4) is 0 Å². The summed E-state index contributed by atoms with van der Waals surface area (Å²) in [6, 6.07) is 9.15. The molecule has 80 valence electrons. The molecule has 5 nitrogen and oxygen atoms in total. The number of hydrazine groups is 1. The first kappa shape index (κ1) is 9.11. The Bertz CT molecular complexity index is 567. The van der Waals surface area contributed by atoms with Crippen molar-refractivity contribution in [1.82, 2.24) is 10.4 Å². The summed E-state index contributed by atoms with van der Waals surface area (Å²) in [7, 11) is 0. The van der Waals surface area contributed by atoms with Gasteiger partial charge in [0.2, 0.25) is 0 Å². The molecule has 16 heavy (non-hydrogen) atoms. The number of aromatic hydroxyl groups is 1. The molecule has 1 aliphatic heterocycles. The molecule has 0 saturated carbocycles. The normalized spacial score (nSPS) is 14.9. The van der Waals surface area contributed by atoms with Crippen LogP contribution in [-0.2, 0) is 0 Å². The van der Waals surface area contributed by atoms with Gasteiger partial charge >= 0.3 is 0 Å². The summed E-state index contributed by atoms with van der Waals surface area (Å²) in [5.41, 5.74) is 3.62. The molecule has 2 aromatic rings. The van der Waals surface area contributed by atoms with Crippen molar-refractivity contribution in [2.24, 2.45) is 4.99 Å². The van der Waals surface area contributed by atoms with Crippen molar-refractivity contribution in [3.63, 3.8) is 0 Å². The third-order valence-corrected chi connectivity index (χ3v) is 2.46. The van der Waals surface area contributed by atoms with Crippen LogP contribution in [-0.4, -0.2) is 23.1 Å². The molecule has 0 fully saturated rings. The van der Waals surface area contributed by atoms with Crippen molar-refractivity contribution < 1.29 is 5.11 Å². The van der Waals surface area contributed by atoms with Crippen LogP contribution in [0, 0.1) is 0 Å². The van der Waals surface area contributed by atoms with Crippen LogP contribution >= 0.6 is 0 Å². The van der Waals surface area contributed by atoms with Crippen LogP contribution in [0.15, 0.2) is 35.3 Å². The van der Waals surface area contributed by atoms with Gasteiger partial charge in [-0.1, -0.05) is 12.1 Å². The van der Waals surface area contributed by atoms with Gasteiger partial charge in [0.25, 0.3) is 0 Å². The lowest BCUT2D eigenvalue weighted by Crippen LogP contribution is -2.31. The molecule has 1 aromatic carbocycles. The van der Waals surface area contributed by atoms with Gasteiger partial charge in [0.1, 0.15) is 30.1 Å². The van der Waals surface area contributed by atoms with E-state index in [1.165, 1.54) is 0 Å². The molecule has 0 bridgehead atoms. The van der Waals surface area contributed by atoms with E-state index in [1.807, 2.05) is 18.2 Å². The highest BCUT2D eigenvalue weighted by atomic mass is 16.3. The van der Waals surface area contributed by atoms with Crippen molar-refractivity contribution >= 4 is 23.1 Å². The number of nitrogens with one attached hydrogen (secondary N) is 1. The smallest absolute Gasteiger partial charge is 0.149 e. The van der Waals surface area contributed by atoms with Gasteiger partial charge in [-0.05, 0) is 18.2 Å². The molecule has 5 heteroatoms. The van der Waals surface area contributed by atoms with Crippen molar-refractivity contribution in [3.05, 3.63) is 30.3 Å². The van der Waals surface area contributed by atoms with E-state index in [0.29, 0.717) is 12.2 Å². The Hall–Kier alpha value is -2.14. The molecule has 2 heterocycles. The Morgan fingerprint density at radius 1 is 1.25 bits per heavy atom. The number of para-hydroxylation sites is 1. The summed E-state index contributed by atoms with van der Waals surface area (Å²) < 4.78 is 0. The number of benzene rings is 1. The van der Waals surface area contributed by atoms with E-state index in [-0.39, 0.29) is 5.75 Å². The van der Waals surface area contributed by atoms with Crippen LogP contribution < -0.4 is 10.4 Å². The minimum absolute atomic E-state index is 0.190. The Balaban J connectivity index is 2.14. The summed E-state index contributed by atoms with van der Waals surface area (Å²) in [6.07, 6.45) is 1.67. The predicted molar refractivity (Wildman–Crippen MR) is 62.4 cm³/mol. The number of phenolic OH excluding ortho intramolecular Hbond substituents is 1. The molecule has 1 aliphatic rings. The van der Waals surface area contributed by atoms with Gasteiger partial charge in [-0.25, -0.2) is 15.4 Å². The van der Waals surface area contributed by atoms with Crippen LogP contribution in [0.25, 0.3) is 10.9 Å². The van der Waals surface area contributed by atoms with Crippen LogP contribution in [0.5, 0.6) is 5.75 Å². The average molecular weight is 214 g/mol. The zero-order valence-corrected chi connectivity index (χ0v) is 8.46. The maximum Gasteiger partial charge on any atom is 0.149 e. The lowest BCUT2D eigenvalue weighted by atomic mass is 10.2. The van der Waals surface area contributed by atoms with Gasteiger partial charge in [0, 0.05) is 5.39 Å². The molecule has 0 spiro atoms. The third-order valence-electron chi connectivity index (χ3n) is 2.46. The Labute approximate surface area is 92.0 Å². The number of pyridine rings is 1. The zero-order valence-electron chi connectivity index (χ0n) is 8.46. The zero-order chi connectivity index (χ0) is 11.0. The highest BCUT2D eigenvalue weighted by molar-refractivity contribution is 5.87. The molecular weight excluding hydrogens is 204 g/mol. The van der Waals surface area contributed by atoms with E-state index < -0.39 is 0 Å². The third kappa shape index (κ3) is 1.38. The van der Waals surface area contributed by atoms with E-state index in [0.717, 1.165) is 11.2 Å². The fourth-order valence-corrected chi connectivity index (χ4v) is 1.68. The van der Waals surface area contributed by atoms with Gasteiger partial charge in [-0.2, -0.15) is 0 Å². The first-order valence-electron chi connectivity index (χ1n) is 4.96. The standard InChI is InChI=1S/C11H10N4O/c16-9-3-1-2-8-4-5-10(14-11(8)9)15-7-12-6-13-15/h1-5,7,13,16H,6H2. The topological polar surface area (TPSA) is 60.8 Å². The molecule has 3 rings (SSSR count). The largest absolute Gasteiger partial charge is 0.506 e. The van der Waals surface area contributed by atoms with E-state index >= 15 is 0 Å². The van der Waals surface area contributed by atoms with Gasteiger partial charge in [0.15, 0.2) is 0 Å². The molecule has 0 unspecified atom stereocenters. The Kier molecular flexibility index (Phi) is 1.97. The van der Waals surface area contributed by atoms with E-state index in [1.54, 1.807) is 23.5 Å². The number of hydrogen-bond acceptors (Lipinski definition) is 5. The minimum Gasteiger partial charge on any atom is -0.506 e. The highest BCUT2D eigenvalue weighted by Gasteiger charge is 2.10. The van der Waals surface area contributed by atoms with Crippen molar-refractivity contribution in [2.75, 3.05) is 11.7 Å². The summed E-state index contributed by atoms with van der Waals surface area (Å²) >= 11 is 0. The number of phenols is 1. The maximum atomic E-state index is 9.70. The first-order valence-corrected chi connectivity index (χ1v) is 4.96. The molecule has 0 aliphatic carbocycles. The Morgan fingerprint density at radius 3 is 3.00 bits per heavy atom. The number of anilines is 1. The van der Waals surface area contributed by atoms with Crippen LogP contribution in [0.2, 0.25) is 0 Å². The molecule has 0 radical (unpaired) electrons. The van der Waals surface area contributed by atoms with E-state index in [4.69, 9.17) is 0 Å². The number of nitrogens with zero attached hydrogens (tertiary/aromatic N) is 3. The van der Waals surface area contributed by atoms with Gasteiger partial charge in [-0.3, -0.25) is 4.99 Å². The summed E-state index contributed by atoms with van der Waals surface area (Å²) in [6.45, 7) is 0.556. The molecule has 0 atom stereocenters. The summed E-state index contributed by atoms with van der Waals surface area (Å²) in [4.78, 5) is 8.41. The van der Waals surface area contributed by atoms with Gasteiger partial charge in [0.05, 0.1) is 0 Å². The number of hydrogen-bond donors (Lipinski definition) is 2. The minimum atomic E-state index is 0.190. The molecular formula is C11H10N4O. The second-order valence-corrected chi connectivity index (χ2v) is 3.50.